The van der Waals surface area contributed by atoms with Crippen molar-refractivity contribution in [2.24, 2.45) is 0 Å². The predicted octanol–water partition coefficient (Wildman–Crippen LogP) is 3.55. The second-order valence-corrected chi connectivity index (χ2v) is 5.95. The van der Waals surface area contributed by atoms with Crippen molar-refractivity contribution in [3.63, 3.8) is 0 Å². The molecule has 3 aromatic rings. The number of nitrogens with one attached hydrogen (secondary N) is 1. The third-order valence-corrected chi connectivity index (χ3v) is 4.09. The first-order chi connectivity index (χ1) is 12.1. The molecule has 0 aliphatic rings. The highest BCUT2D eigenvalue weighted by atomic mass is 32.2. The molecule has 0 atom stereocenters. The smallest absolute Gasteiger partial charge is 0.234 e. The van der Waals surface area contributed by atoms with Crippen molar-refractivity contribution in [3.8, 4) is 11.3 Å². The Labute approximate surface area is 146 Å². The zero-order valence-corrected chi connectivity index (χ0v) is 13.6. The first-order valence-corrected chi connectivity index (χ1v) is 8.22. The van der Waals surface area contributed by atoms with Crippen LogP contribution >= 0.6 is 11.8 Å². The van der Waals surface area contributed by atoms with Gasteiger partial charge < -0.3 is 5.32 Å². The molecule has 2 heterocycles. The summed E-state index contributed by atoms with van der Waals surface area (Å²) in [5, 5.41) is 11.3. The fraction of sp³-hybridized carbons (Fsp3) is 0.0588. The number of carbonyl (C=O) groups excluding carboxylic acids is 1. The number of rotatable bonds is 5. The first kappa shape index (κ1) is 17.0. The largest absolute Gasteiger partial charge is 0.325 e. The Bertz CT molecular complexity index is 876. The van der Waals surface area contributed by atoms with Gasteiger partial charge in [0.25, 0.3) is 0 Å². The molecule has 1 N–H and O–H groups in total. The van der Waals surface area contributed by atoms with E-state index in [2.05, 4.69) is 20.5 Å². The molecule has 1 aromatic carbocycles. The molecule has 0 bridgehead atoms. The van der Waals surface area contributed by atoms with E-state index in [1.165, 1.54) is 17.8 Å². The summed E-state index contributed by atoms with van der Waals surface area (Å²) in [6.07, 6.45) is 3.34. The van der Waals surface area contributed by atoms with Crippen LogP contribution in [0.2, 0.25) is 0 Å². The van der Waals surface area contributed by atoms with E-state index >= 15 is 0 Å². The van der Waals surface area contributed by atoms with Crippen molar-refractivity contribution in [2.75, 3.05) is 11.1 Å². The second-order valence-electron chi connectivity index (χ2n) is 4.96. The molecule has 0 spiro atoms. The Morgan fingerprint density at radius 2 is 1.80 bits per heavy atom. The van der Waals surface area contributed by atoms with Crippen LogP contribution in [-0.4, -0.2) is 26.8 Å². The van der Waals surface area contributed by atoms with Gasteiger partial charge in [-0.15, -0.1) is 10.2 Å². The van der Waals surface area contributed by atoms with Crippen molar-refractivity contribution >= 4 is 23.4 Å². The van der Waals surface area contributed by atoms with Gasteiger partial charge in [0.15, 0.2) is 11.6 Å². The lowest BCUT2D eigenvalue weighted by Gasteiger charge is -2.05. The Morgan fingerprint density at radius 1 is 1.00 bits per heavy atom. The molecule has 0 saturated heterocycles. The zero-order valence-electron chi connectivity index (χ0n) is 12.8. The van der Waals surface area contributed by atoms with Gasteiger partial charge in [-0.25, -0.2) is 8.78 Å². The highest BCUT2D eigenvalue weighted by Gasteiger charge is 2.08. The molecule has 8 heteroatoms. The van der Waals surface area contributed by atoms with Crippen molar-refractivity contribution < 1.29 is 13.6 Å². The zero-order chi connectivity index (χ0) is 17.6. The third kappa shape index (κ3) is 4.57. The number of pyridine rings is 1. The van der Waals surface area contributed by atoms with E-state index in [0.29, 0.717) is 10.7 Å². The topological polar surface area (TPSA) is 67.8 Å². The first-order valence-electron chi connectivity index (χ1n) is 7.23. The summed E-state index contributed by atoms with van der Waals surface area (Å²) in [5.74, 6) is -2.25. The quantitative estimate of drug-likeness (QED) is 0.707. The third-order valence-electron chi connectivity index (χ3n) is 3.17. The minimum Gasteiger partial charge on any atom is -0.325 e. The molecular weight excluding hydrogens is 346 g/mol. The van der Waals surface area contributed by atoms with E-state index in [1.54, 1.807) is 24.5 Å². The fourth-order valence-electron chi connectivity index (χ4n) is 1.98. The molecule has 2 aromatic heterocycles. The van der Waals surface area contributed by atoms with Gasteiger partial charge in [-0.3, -0.25) is 9.78 Å². The van der Waals surface area contributed by atoms with E-state index in [0.717, 1.165) is 17.7 Å². The van der Waals surface area contributed by atoms with Gasteiger partial charge in [0.05, 0.1) is 11.4 Å². The molecule has 0 saturated carbocycles. The Balaban J connectivity index is 1.56. The molecule has 5 nitrogen and oxygen atoms in total. The highest BCUT2D eigenvalue weighted by molar-refractivity contribution is 7.99. The summed E-state index contributed by atoms with van der Waals surface area (Å²) in [5.41, 5.74) is 1.80. The normalized spacial score (nSPS) is 10.5. The van der Waals surface area contributed by atoms with Gasteiger partial charge in [0.2, 0.25) is 5.91 Å². The lowest BCUT2D eigenvalue weighted by atomic mass is 10.2. The van der Waals surface area contributed by atoms with Crippen molar-refractivity contribution in [1.82, 2.24) is 15.2 Å². The van der Waals surface area contributed by atoms with E-state index in [-0.39, 0.29) is 17.3 Å². The maximum Gasteiger partial charge on any atom is 0.234 e. The van der Waals surface area contributed by atoms with Gasteiger partial charge in [-0.05, 0) is 36.4 Å². The number of hydrogen-bond acceptors (Lipinski definition) is 5. The number of hydrogen-bond donors (Lipinski definition) is 1. The standard InChI is InChI=1S/C17H12F2N4OS/c18-13-2-1-12(9-14(13)19)21-16(24)10-25-17-4-3-15(22-23-17)11-5-7-20-8-6-11/h1-9H,10H2,(H,21,24). The molecule has 1 amide bonds. The number of benzene rings is 1. The van der Waals surface area contributed by atoms with Gasteiger partial charge in [0, 0.05) is 29.7 Å². The Kier molecular flexibility index (Phi) is 5.30. The lowest BCUT2D eigenvalue weighted by molar-refractivity contribution is -0.113. The van der Waals surface area contributed by atoms with Crippen molar-refractivity contribution in [3.05, 3.63) is 66.5 Å². The lowest BCUT2D eigenvalue weighted by Crippen LogP contribution is -2.14. The van der Waals surface area contributed by atoms with E-state index in [4.69, 9.17) is 0 Å². The van der Waals surface area contributed by atoms with Crippen LogP contribution in [-0.2, 0) is 4.79 Å². The number of aromatic nitrogens is 3. The molecular formula is C17H12F2N4OS. The molecule has 126 valence electrons. The van der Waals surface area contributed by atoms with Crippen LogP contribution in [0.15, 0.2) is 59.9 Å². The van der Waals surface area contributed by atoms with Gasteiger partial charge >= 0.3 is 0 Å². The summed E-state index contributed by atoms with van der Waals surface area (Å²) in [6.45, 7) is 0. The molecule has 0 fully saturated rings. The summed E-state index contributed by atoms with van der Waals surface area (Å²) >= 11 is 1.19. The van der Waals surface area contributed by atoms with Crippen LogP contribution in [0, 0.1) is 11.6 Å². The molecule has 0 aliphatic heterocycles. The van der Waals surface area contributed by atoms with Crippen LogP contribution in [0.3, 0.4) is 0 Å². The molecule has 0 aliphatic carbocycles. The monoisotopic (exact) mass is 358 g/mol. The average Bonchev–Trinajstić information content (AvgIpc) is 2.64. The summed E-state index contributed by atoms with van der Waals surface area (Å²) in [7, 11) is 0. The number of halogens is 2. The SMILES string of the molecule is O=C(CSc1ccc(-c2ccncc2)nn1)Nc1ccc(F)c(F)c1. The minimum atomic E-state index is -1.01. The van der Waals surface area contributed by atoms with Crippen molar-refractivity contribution in [1.29, 1.82) is 0 Å². The maximum absolute atomic E-state index is 13.1. The second kappa shape index (κ2) is 7.80. The predicted molar refractivity (Wildman–Crippen MR) is 91.0 cm³/mol. The number of thioether (sulfide) groups is 1. The molecule has 25 heavy (non-hydrogen) atoms. The average molecular weight is 358 g/mol. The highest BCUT2D eigenvalue weighted by Crippen LogP contribution is 2.20. The maximum atomic E-state index is 13.1. The van der Waals surface area contributed by atoms with Crippen LogP contribution in [0.25, 0.3) is 11.3 Å². The summed E-state index contributed by atoms with van der Waals surface area (Å²) in [6, 6.07) is 10.4. The summed E-state index contributed by atoms with van der Waals surface area (Å²) in [4.78, 5) is 15.8. The number of anilines is 1. The number of nitrogens with zero attached hydrogens (tertiary/aromatic N) is 3. The van der Waals surface area contributed by atoms with Crippen molar-refractivity contribution in [2.45, 2.75) is 5.03 Å². The summed E-state index contributed by atoms with van der Waals surface area (Å²) < 4.78 is 26.0. The van der Waals surface area contributed by atoms with Crippen LogP contribution in [0.1, 0.15) is 0 Å². The van der Waals surface area contributed by atoms with Crippen LogP contribution in [0.5, 0.6) is 0 Å². The number of amides is 1. The van der Waals surface area contributed by atoms with Gasteiger partial charge in [-0.1, -0.05) is 11.8 Å². The van der Waals surface area contributed by atoms with E-state index in [9.17, 15) is 13.6 Å². The minimum absolute atomic E-state index is 0.0717. The fourth-order valence-corrected chi connectivity index (χ4v) is 2.60. The molecule has 3 rings (SSSR count). The molecule has 0 radical (unpaired) electrons. The van der Waals surface area contributed by atoms with Gasteiger partial charge in [-0.2, -0.15) is 0 Å². The van der Waals surface area contributed by atoms with E-state index < -0.39 is 11.6 Å². The molecule has 0 unspecified atom stereocenters. The van der Waals surface area contributed by atoms with Crippen LogP contribution in [0.4, 0.5) is 14.5 Å². The Morgan fingerprint density at radius 3 is 2.48 bits per heavy atom. The van der Waals surface area contributed by atoms with E-state index in [1.807, 2.05) is 12.1 Å². The van der Waals surface area contributed by atoms with Gasteiger partial charge in [0.1, 0.15) is 5.03 Å². The Hall–Kier alpha value is -2.87. The number of carbonyl (C=O) groups is 1. The van der Waals surface area contributed by atoms with Crippen LogP contribution < -0.4 is 5.32 Å².